The van der Waals surface area contributed by atoms with Gasteiger partial charge in [0.05, 0.1) is 32.3 Å². The van der Waals surface area contributed by atoms with Crippen LogP contribution in [0.2, 0.25) is 0 Å². The van der Waals surface area contributed by atoms with E-state index < -0.39 is 12.4 Å². The van der Waals surface area contributed by atoms with Crippen LogP contribution in [0.1, 0.15) is 0 Å². The molecule has 0 aromatic heterocycles. The van der Waals surface area contributed by atoms with Gasteiger partial charge >= 0.3 is 0 Å². The van der Waals surface area contributed by atoms with Crippen molar-refractivity contribution in [1.29, 1.82) is 0 Å². The first-order valence-corrected chi connectivity index (χ1v) is 18.0. The van der Waals surface area contributed by atoms with Crippen molar-refractivity contribution in [2.24, 2.45) is 0 Å². The molecule has 0 N–H and O–H groups in total. The third kappa shape index (κ3) is 5.09. The summed E-state index contributed by atoms with van der Waals surface area (Å²) in [5.74, 6) is 1.40. The molecule has 7 heteroatoms. The molecule has 0 atom stereocenters. The van der Waals surface area contributed by atoms with E-state index in [0.29, 0.717) is 11.5 Å². The Morgan fingerprint density at radius 3 is 1.15 bits per heavy atom. The van der Waals surface area contributed by atoms with Crippen LogP contribution in [0, 0.1) is 0 Å². The zero-order valence-corrected chi connectivity index (χ0v) is 25.2. The molecule has 39 heavy (non-hydrogen) atoms. The molecule has 5 rings (SSSR count). The Hall–Kier alpha value is -3.20. The standard InChI is InChI=1S/C32H29NO2P2S2/c1-34-26-23-24-32(35-2)31(25-26)33(36(38,27-15-7-3-8-16-27)28-17-9-4-10-18-28)37(39,29-19-11-5-12-20-29)30-21-13-6-14-22-30/h3-25H,1-2H3. The van der Waals surface area contributed by atoms with Crippen LogP contribution < -0.4 is 35.1 Å². The molecule has 0 heterocycles. The van der Waals surface area contributed by atoms with Crippen molar-refractivity contribution in [1.82, 2.24) is 0 Å². The lowest BCUT2D eigenvalue weighted by molar-refractivity contribution is 0.404. The maximum Gasteiger partial charge on any atom is 0.143 e. The number of anilines is 1. The molecule has 196 valence electrons. The molecule has 5 aromatic carbocycles. The second-order valence-corrected chi connectivity index (χ2v) is 17.5. The van der Waals surface area contributed by atoms with Gasteiger partial charge in [0.1, 0.15) is 11.5 Å². The highest BCUT2D eigenvalue weighted by Crippen LogP contribution is 2.67. The molecule has 0 radical (unpaired) electrons. The molecule has 3 nitrogen and oxygen atoms in total. The van der Waals surface area contributed by atoms with E-state index in [1.165, 1.54) is 0 Å². The van der Waals surface area contributed by atoms with Crippen LogP contribution in [0.25, 0.3) is 0 Å². The molecule has 0 spiro atoms. The lowest BCUT2D eigenvalue weighted by Gasteiger charge is -2.46. The van der Waals surface area contributed by atoms with Crippen molar-refractivity contribution in [3.8, 4) is 11.5 Å². The summed E-state index contributed by atoms with van der Waals surface area (Å²) >= 11 is 14.0. The van der Waals surface area contributed by atoms with Gasteiger partial charge in [0.15, 0.2) is 0 Å². The number of hydrogen-bond acceptors (Lipinski definition) is 4. The van der Waals surface area contributed by atoms with Crippen molar-refractivity contribution in [3.05, 3.63) is 140 Å². The number of nitrogens with zero attached hydrogens (tertiary/aromatic N) is 1. The molecular weight excluding hydrogens is 556 g/mol. The third-order valence-electron chi connectivity index (χ3n) is 6.56. The molecule has 0 unspecified atom stereocenters. The molecule has 0 bridgehead atoms. The zero-order valence-electron chi connectivity index (χ0n) is 21.8. The van der Waals surface area contributed by atoms with E-state index in [1.807, 2.05) is 42.5 Å². The highest BCUT2D eigenvalue weighted by atomic mass is 32.5. The normalized spacial score (nSPS) is 11.5. The molecule has 0 aliphatic heterocycles. The van der Waals surface area contributed by atoms with Gasteiger partial charge in [-0.2, -0.15) is 0 Å². The summed E-state index contributed by atoms with van der Waals surface area (Å²) in [5.41, 5.74) is 0.823. The van der Waals surface area contributed by atoms with Gasteiger partial charge in [0, 0.05) is 27.3 Å². The van der Waals surface area contributed by atoms with Gasteiger partial charge in [-0.05, 0) is 12.1 Å². The van der Waals surface area contributed by atoms with E-state index >= 15 is 0 Å². The van der Waals surface area contributed by atoms with E-state index in [0.717, 1.165) is 26.9 Å². The Morgan fingerprint density at radius 1 is 0.487 bits per heavy atom. The minimum atomic E-state index is -2.80. The highest BCUT2D eigenvalue weighted by Gasteiger charge is 2.42. The van der Waals surface area contributed by atoms with Crippen LogP contribution in [-0.4, -0.2) is 14.2 Å². The second-order valence-electron chi connectivity index (χ2n) is 8.82. The maximum absolute atomic E-state index is 6.98. The van der Waals surface area contributed by atoms with Crippen molar-refractivity contribution < 1.29 is 9.47 Å². The van der Waals surface area contributed by atoms with E-state index in [1.54, 1.807) is 14.2 Å². The van der Waals surface area contributed by atoms with Crippen molar-refractivity contribution >= 4 is 62.9 Å². The second kappa shape index (κ2) is 11.9. The lowest BCUT2D eigenvalue weighted by atomic mass is 10.3. The fraction of sp³-hybridized carbons (Fsp3) is 0.0625. The monoisotopic (exact) mass is 585 g/mol. The molecular formula is C32H29NO2P2S2. The first kappa shape index (κ1) is 27.4. The molecule has 0 saturated heterocycles. The van der Waals surface area contributed by atoms with E-state index in [9.17, 15) is 0 Å². The molecule has 0 saturated carbocycles. The minimum Gasteiger partial charge on any atom is -0.497 e. The van der Waals surface area contributed by atoms with Gasteiger partial charge in [-0.3, -0.25) is 4.44 Å². The topological polar surface area (TPSA) is 21.7 Å². The van der Waals surface area contributed by atoms with Gasteiger partial charge in [-0.25, -0.2) is 0 Å². The molecule has 0 aliphatic carbocycles. The lowest BCUT2D eigenvalue weighted by Crippen LogP contribution is -2.37. The molecule has 0 fully saturated rings. The summed E-state index contributed by atoms with van der Waals surface area (Å²) in [7, 11) is 3.36. The average molecular weight is 586 g/mol. The smallest absolute Gasteiger partial charge is 0.143 e. The maximum atomic E-state index is 6.98. The van der Waals surface area contributed by atoms with Gasteiger partial charge in [0.2, 0.25) is 0 Å². The van der Waals surface area contributed by atoms with Gasteiger partial charge < -0.3 is 9.47 Å². The van der Waals surface area contributed by atoms with Crippen molar-refractivity contribution in [2.45, 2.75) is 0 Å². The number of hydrogen-bond donors (Lipinski definition) is 0. The fourth-order valence-electron chi connectivity index (χ4n) is 4.69. The average Bonchev–Trinajstić information content (AvgIpc) is 3.02. The zero-order chi connectivity index (χ0) is 27.3. The number of ether oxygens (including phenoxy) is 2. The summed E-state index contributed by atoms with van der Waals surface area (Å²) < 4.78 is 14.1. The number of benzene rings is 5. The Morgan fingerprint density at radius 2 is 0.846 bits per heavy atom. The van der Waals surface area contributed by atoms with Crippen molar-refractivity contribution in [3.63, 3.8) is 0 Å². The third-order valence-corrected chi connectivity index (χ3v) is 17.9. The van der Waals surface area contributed by atoms with E-state index in [2.05, 4.69) is 102 Å². The van der Waals surface area contributed by atoms with Gasteiger partial charge in [0.25, 0.3) is 0 Å². The number of rotatable bonds is 9. The van der Waals surface area contributed by atoms with Crippen LogP contribution in [0.3, 0.4) is 0 Å². The van der Waals surface area contributed by atoms with Crippen LogP contribution in [0.15, 0.2) is 140 Å². The van der Waals surface area contributed by atoms with Crippen molar-refractivity contribution in [2.75, 3.05) is 18.7 Å². The van der Waals surface area contributed by atoms with Crippen LogP contribution in [0.4, 0.5) is 5.69 Å². The Labute approximate surface area is 241 Å². The van der Waals surface area contributed by atoms with E-state index in [4.69, 9.17) is 33.1 Å². The summed E-state index contributed by atoms with van der Waals surface area (Å²) in [6.07, 6.45) is -5.61. The first-order chi connectivity index (χ1) is 19.0. The Balaban J connectivity index is 1.99. The SMILES string of the molecule is COc1ccc(OC)c(N(P(=S)(c2ccccc2)c2ccccc2)P(=S)(c2ccccc2)c2ccccc2)c1. The number of methoxy groups -OCH3 is 2. The van der Waals surface area contributed by atoms with Crippen LogP contribution in [-0.2, 0) is 23.6 Å². The molecule has 0 amide bonds. The summed E-state index contributed by atoms with van der Waals surface area (Å²) in [4.78, 5) is 0. The highest BCUT2D eigenvalue weighted by molar-refractivity contribution is 8.33. The first-order valence-electron chi connectivity index (χ1n) is 12.5. The van der Waals surface area contributed by atoms with Gasteiger partial charge in [-0.1, -0.05) is 145 Å². The molecule has 0 aliphatic rings. The predicted octanol–water partition coefficient (Wildman–Crippen LogP) is 6.60. The van der Waals surface area contributed by atoms with E-state index in [-0.39, 0.29) is 0 Å². The quantitative estimate of drug-likeness (QED) is 0.181. The Kier molecular flexibility index (Phi) is 8.35. The summed E-state index contributed by atoms with van der Waals surface area (Å²) in [6.45, 7) is 0. The Bertz CT molecular complexity index is 1450. The van der Waals surface area contributed by atoms with Crippen LogP contribution in [0.5, 0.6) is 11.5 Å². The summed E-state index contributed by atoms with van der Waals surface area (Å²) in [6, 6.07) is 47.4. The predicted molar refractivity (Wildman–Crippen MR) is 175 cm³/mol. The minimum absolute atomic E-state index is 0.693. The fourth-order valence-corrected chi connectivity index (χ4v) is 16.4. The van der Waals surface area contributed by atoms with Crippen LogP contribution >= 0.6 is 12.4 Å². The summed E-state index contributed by atoms with van der Waals surface area (Å²) in [5, 5.41) is 4.21. The molecule has 5 aromatic rings. The largest absolute Gasteiger partial charge is 0.497 e. The van der Waals surface area contributed by atoms with Gasteiger partial charge in [-0.15, -0.1) is 0 Å².